The standard InChI is InChI=1S/C12H18N2O2/c1-2-11(12(15)16-14)7-9-3-5-10(8-13)6-4-9/h3-6,11H,2,7-8,13-14H2,1H3. The van der Waals surface area contributed by atoms with Crippen molar-refractivity contribution in [3.63, 3.8) is 0 Å². The second kappa shape index (κ2) is 6.25. The molecule has 0 saturated carbocycles. The van der Waals surface area contributed by atoms with E-state index in [1.165, 1.54) is 0 Å². The van der Waals surface area contributed by atoms with Crippen molar-refractivity contribution in [1.29, 1.82) is 0 Å². The van der Waals surface area contributed by atoms with Gasteiger partial charge in [-0.05, 0) is 24.0 Å². The molecule has 0 radical (unpaired) electrons. The Morgan fingerprint density at radius 2 is 1.88 bits per heavy atom. The second-order valence-electron chi connectivity index (χ2n) is 3.77. The topological polar surface area (TPSA) is 78.3 Å². The first kappa shape index (κ1) is 12.7. The van der Waals surface area contributed by atoms with E-state index >= 15 is 0 Å². The van der Waals surface area contributed by atoms with E-state index in [2.05, 4.69) is 4.84 Å². The van der Waals surface area contributed by atoms with Crippen LogP contribution in [-0.4, -0.2) is 5.97 Å². The van der Waals surface area contributed by atoms with E-state index in [1.54, 1.807) is 0 Å². The molecule has 0 aliphatic heterocycles. The number of benzene rings is 1. The van der Waals surface area contributed by atoms with Crippen LogP contribution in [0.1, 0.15) is 24.5 Å². The van der Waals surface area contributed by atoms with Crippen LogP contribution in [0.25, 0.3) is 0 Å². The van der Waals surface area contributed by atoms with E-state index in [0.29, 0.717) is 19.4 Å². The molecule has 1 unspecified atom stereocenters. The lowest BCUT2D eigenvalue weighted by molar-refractivity contribution is -0.149. The maximum atomic E-state index is 11.3. The van der Waals surface area contributed by atoms with Gasteiger partial charge in [-0.25, -0.2) is 0 Å². The first-order valence-electron chi connectivity index (χ1n) is 5.39. The summed E-state index contributed by atoms with van der Waals surface area (Å²) in [6.45, 7) is 2.47. The highest BCUT2D eigenvalue weighted by Crippen LogP contribution is 2.14. The summed E-state index contributed by atoms with van der Waals surface area (Å²) < 4.78 is 0. The highest BCUT2D eigenvalue weighted by atomic mass is 16.7. The van der Waals surface area contributed by atoms with Crippen molar-refractivity contribution in [1.82, 2.24) is 0 Å². The van der Waals surface area contributed by atoms with Crippen molar-refractivity contribution in [3.8, 4) is 0 Å². The Labute approximate surface area is 95.5 Å². The van der Waals surface area contributed by atoms with Crippen LogP contribution in [0.2, 0.25) is 0 Å². The quantitative estimate of drug-likeness (QED) is 0.732. The zero-order valence-corrected chi connectivity index (χ0v) is 9.48. The minimum absolute atomic E-state index is 0.172. The Morgan fingerprint density at radius 3 is 2.31 bits per heavy atom. The Hall–Kier alpha value is -1.39. The third-order valence-electron chi connectivity index (χ3n) is 2.68. The lowest BCUT2D eigenvalue weighted by atomic mass is 9.96. The summed E-state index contributed by atoms with van der Waals surface area (Å²) >= 11 is 0. The minimum atomic E-state index is -0.356. The number of carbonyl (C=O) groups excluding carboxylic acids is 1. The molecule has 16 heavy (non-hydrogen) atoms. The van der Waals surface area contributed by atoms with E-state index < -0.39 is 0 Å². The molecule has 0 aromatic heterocycles. The smallest absolute Gasteiger partial charge is 0.327 e. The Balaban J connectivity index is 2.66. The molecule has 4 heteroatoms. The summed E-state index contributed by atoms with van der Waals surface area (Å²) in [6.07, 6.45) is 1.37. The number of nitrogens with two attached hydrogens (primary N) is 2. The van der Waals surface area contributed by atoms with Gasteiger partial charge in [0.25, 0.3) is 0 Å². The number of rotatable bonds is 5. The second-order valence-corrected chi connectivity index (χ2v) is 3.77. The van der Waals surface area contributed by atoms with Gasteiger partial charge in [0.1, 0.15) is 0 Å². The van der Waals surface area contributed by atoms with Crippen molar-refractivity contribution in [2.24, 2.45) is 17.5 Å². The van der Waals surface area contributed by atoms with Crippen molar-refractivity contribution in [3.05, 3.63) is 35.4 Å². The first-order valence-corrected chi connectivity index (χ1v) is 5.39. The van der Waals surface area contributed by atoms with Gasteiger partial charge in [0.15, 0.2) is 0 Å². The molecule has 1 aromatic carbocycles. The fourth-order valence-corrected chi connectivity index (χ4v) is 1.59. The van der Waals surface area contributed by atoms with Gasteiger partial charge in [-0.15, -0.1) is 0 Å². The van der Waals surface area contributed by atoms with Crippen molar-refractivity contribution in [2.45, 2.75) is 26.3 Å². The van der Waals surface area contributed by atoms with Gasteiger partial charge >= 0.3 is 5.97 Å². The largest absolute Gasteiger partial charge is 0.373 e. The first-order chi connectivity index (χ1) is 7.71. The van der Waals surface area contributed by atoms with Crippen LogP contribution in [0, 0.1) is 5.92 Å². The SMILES string of the molecule is CCC(Cc1ccc(CN)cc1)C(=O)ON. The fraction of sp³-hybridized carbons (Fsp3) is 0.417. The Kier molecular flexibility index (Phi) is 4.95. The molecule has 0 aliphatic carbocycles. The van der Waals surface area contributed by atoms with Crippen LogP contribution in [0.3, 0.4) is 0 Å². The molecule has 1 rings (SSSR count). The maximum absolute atomic E-state index is 11.3. The predicted octanol–water partition coefficient (Wildman–Crippen LogP) is 1.13. The lowest BCUT2D eigenvalue weighted by Gasteiger charge is -2.11. The van der Waals surface area contributed by atoms with Gasteiger partial charge < -0.3 is 10.6 Å². The van der Waals surface area contributed by atoms with Crippen LogP contribution in [0.5, 0.6) is 0 Å². The summed E-state index contributed by atoms with van der Waals surface area (Å²) in [5.74, 6) is 4.35. The number of hydrogen-bond donors (Lipinski definition) is 2. The molecule has 0 spiro atoms. The molecule has 1 atom stereocenters. The summed E-state index contributed by atoms with van der Waals surface area (Å²) in [5, 5.41) is 0. The highest BCUT2D eigenvalue weighted by Gasteiger charge is 2.17. The average Bonchev–Trinajstić information content (AvgIpc) is 2.35. The van der Waals surface area contributed by atoms with Crippen molar-refractivity contribution < 1.29 is 9.63 Å². The normalized spacial score (nSPS) is 12.2. The van der Waals surface area contributed by atoms with Gasteiger partial charge in [-0.1, -0.05) is 31.2 Å². The van der Waals surface area contributed by atoms with Gasteiger partial charge in [0, 0.05) is 6.54 Å². The summed E-state index contributed by atoms with van der Waals surface area (Å²) in [7, 11) is 0. The molecule has 0 amide bonds. The number of carbonyl (C=O) groups is 1. The molecule has 0 bridgehead atoms. The maximum Gasteiger partial charge on any atom is 0.327 e. The Morgan fingerprint density at radius 1 is 1.31 bits per heavy atom. The zero-order chi connectivity index (χ0) is 12.0. The average molecular weight is 222 g/mol. The minimum Gasteiger partial charge on any atom is -0.373 e. The molecule has 0 heterocycles. The van der Waals surface area contributed by atoms with Gasteiger partial charge in [-0.2, -0.15) is 5.90 Å². The Bertz CT molecular complexity index is 335. The fourth-order valence-electron chi connectivity index (χ4n) is 1.59. The van der Waals surface area contributed by atoms with E-state index in [1.807, 2.05) is 31.2 Å². The lowest BCUT2D eigenvalue weighted by Crippen LogP contribution is -2.22. The molecule has 0 saturated heterocycles. The molecule has 4 N–H and O–H groups in total. The van der Waals surface area contributed by atoms with E-state index in [0.717, 1.165) is 11.1 Å². The van der Waals surface area contributed by atoms with E-state index in [4.69, 9.17) is 11.6 Å². The third kappa shape index (κ3) is 3.32. The molecule has 1 aromatic rings. The predicted molar refractivity (Wildman–Crippen MR) is 62.1 cm³/mol. The van der Waals surface area contributed by atoms with Crippen molar-refractivity contribution in [2.75, 3.05) is 0 Å². The molecule has 88 valence electrons. The van der Waals surface area contributed by atoms with Crippen LogP contribution in [0.15, 0.2) is 24.3 Å². The zero-order valence-electron chi connectivity index (χ0n) is 9.48. The van der Waals surface area contributed by atoms with Crippen LogP contribution in [-0.2, 0) is 22.6 Å². The molecular weight excluding hydrogens is 204 g/mol. The van der Waals surface area contributed by atoms with Gasteiger partial charge in [0.2, 0.25) is 0 Å². The monoisotopic (exact) mass is 222 g/mol. The van der Waals surface area contributed by atoms with Crippen LogP contribution in [0.4, 0.5) is 0 Å². The van der Waals surface area contributed by atoms with Crippen molar-refractivity contribution >= 4 is 5.97 Å². The highest BCUT2D eigenvalue weighted by molar-refractivity contribution is 5.72. The molecule has 4 nitrogen and oxygen atoms in total. The number of hydrogen-bond acceptors (Lipinski definition) is 4. The van der Waals surface area contributed by atoms with Crippen LogP contribution >= 0.6 is 0 Å². The molecular formula is C12H18N2O2. The summed E-state index contributed by atoms with van der Waals surface area (Å²) in [4.78, 5) is 15.6. The summed E-state index contributed by atoms with van der Waals surface area (Å²) in [5.41, 5.74) is 7.68. The van der Waals surface area contributed by atoms with E-state index in [9.17, 15) is 4.79 Å². The van der Waals surface area contributed by atoms with Gasteiger partial charge in [0.05, 0.1) is 5.92 Å². The summed E-state index contributed by atoms with van der Waals surface area (Å²) in [6, 6.07) is 7.90. The molecule has 0 aliphatic rings. The third-order valence-corrected chi connectivity index (χ3v) is 2.68. The van der Waals surface area contributed by atoms with Gasteiger partial charge in [-0.3, -0.25) is 4.79 Å². The van der Waals surface area contributed by atoms with E-state index in [-0.39, 0.29) is 11.9 Å². The molecule has 0 fully saturated rings. The van der Waals surface area contributed by atoms with Crippen LogP contribution < -0.4 is 11.6 Å².